The van der Waals surface area contributed by atoms with Crippen LogP contribution in [0.2, 0.25) is 0 Å². The maximum Gasteiger partial charge on any atom is 0.310 e. The Hall–Kier alpha value is -1.78. The first-order valence-electron chi connectivity index (χ1n) is 10.9. The summed E-state index contributed by atoms with van der Waals surface area (Å²) in [6, 6.07) is 17.9. The zero-order valence-corrected chi connectivity index (χ0v) is 18.1. The fourth-order valence-corrected chi connectivity index (χ4v) is 5.90. The first kappa shape index (κ1) is 20.5. The van der Waals surface area contributed by atoms with Crippen LogP contribution in [0.1, 0.15) is 55.2 Å². The molecule has 2 aromatic carbocycles. The van der Waals surface area contributed by atoms with Crippen LogP contribution in [-0.4, -0.2) is 37.1 Å². The van der Waals surface area contributed by atoms with Crippen molar-refractivity contribution < 1.29 is 9.53 Å². The van der Waals surface area contributed by atoms with E-state index in [1.807, 2.05) is 18.7 Å². The summed E-state index contributed by atoms with van der Waals surface area (Å²) in [5.74, 6) is 1.56. The Balaban J connectivity index is 1.43. The number of hydrogen-bond acceptors (Lipinski definition) is 4. The molecule has 0 radical (unpaired) electrons. The van der Waals surface area contributed by atoms with Gasteiger partial charge in [0.05, 0.1) is 12.5 Å². The van der Waals surface area contributed by atoms with Gasteiger partial charge in [0.2, 0.25) is 0 Å². The van der Waals surface area contributed by atoms with Crippen molar-refractivity contribution in [2.24, 2.45) is 5.92 Å². The standard InChI is InChI=1S/C25H31NO2S/c1-2-28-25(27)19-10-7-15-26(17-19)16-8-13-22-21-11-4-3-9-20(21)18-29-24-14-6-5-12-23(22)24/h3-6,9,11-12,14,19,22H,2,7-8,10,13,15-18H2,1H3/t19-,22?/m1/s1. The molecule has 0 aliphatic carbocycles. The Kier molecular flexibility index (Phi) is 6.94. The molecule has 4 rings (SSSR count). The largest absolute Gasteiger partial charge is 0.466 e. The minimum atomic E-state index is -0.0131. The molecule has 0 bridgehead atoms. The summed E-state index contributed by atoms with van der Waals surface area (Å²) in [7, 11) is 0. The van der Waals surface area contributed by atoms with Gasteiger partial charge in [0.1, 0.15) is 0 Å². The van der Waals surface area contributed by atoms with Crippen LogP contribution in [0.3, 0.4) is 0 Å². The lowest BCUT2D eigenvalue weighted by Gasteiger charge is -2.32. The number of hydrogen-bond donors (Lipinski definition) is 0. The zero-order chi connectivity index (χ0) is 20.1. The summed E-state index contributed by atoms with van der Waals surface area (Å²) < 4.78 is 5.25. The van der Waals surface area contributed by atoms with E-state index < -0.39 is 0 Å². The van der Waals surface area contributed by atoms with E-state index in [4.69, 9.17) is 4.74 Å². The van der Waals surface area contributed by atoms with Crippen molar-refractivity contribution in [2.75, 3.05) is 26.2 Å². The van der Waals surface area contributed by atoms with Crippen molar-refractivity contribution in [3.8, 4) is 0 Å². The highest BCUT2D eigenvalue weighted by Crippen LogP contribution is 2.42. The molecule has 1 fully saturated rings. The van der Waals surface area contributed by atoms with E-state index >= 15 is 0 Å². The minimum Gasteiger partial charge on any atom is -0.466 e. The number of carbonyl (C=O) groups is 1. The Labute approximate surface area is 178 Å². The van der Waals surface area contributed by atoms with Crippen LogP contribution in [-0.2, 0) is 15.3 Å². The molecule has 2 aliphatic heterocycles. The summed E-state index contributed by atoms with van der Waals surface area (Å²) in [5.41, 5.74) is 4.44. The Morgan fingerprint density at radius 3 is 2.79 bits per heavy atom. The monoisotopic (exact) mass is 409 g/mol. The molecule has 29 heavy (non-hydrogen) atoms. The van der Waals surface area contributed by atoms with Gasteiger partial charge in [-0.15, -0.1) is 11.8 Å². The number of piperidine rings is 1. The van der Waals surface area contributed by atoms with E-state index in [0.29, 0.717) is 12.5 Å². The third-order valence-corrected chi connectivity index (χ3v) is 7.34. The second-order valence-electron chi connectivity index (χ2n) is 8.11. The fraction of sp³-hybridized carbons (Fsp3) is 0.480. The fourth-order valence-electron chi connectivity index (χ4n) is 4.77. The number of likely N-dealkylation sites (tertiary alicyclic amines) is 1. The number of thioether (sulfide) groups is 1. The first-order chi connectivity index (χ1) is 14.3. The number of rotatable bonds is 6. The van der Waals surface area contributed by atoms with Gasteiger partial charge in [-0.05, 0) is 68.5 Å². The maximum atomic E-state index is 12.1. The van der Waals surface area contributed by atoms with Gasteiger partial charge in [-0.1, -0.05) is 42.5 Å². The molecular weight excluding hydrogens is 378 g/mol. The molecule has 0 amide bonds. The first-order valence-corrected chi connectivity index (χ1v) is 11.9. The summed E-state index contributed by atoms with van der Waals surface area (Å²) >= 11 is 1.96. The average Bonchev–Trinajstić information content (AvgIpc) is 2.92. The summed E-state index contributed by atoms with van der Waals surface area (Å²) in [6.07, 6.45) is 4.36. The van der Waals surface area contributed by atoms with E-state index in [-0.39, 0.29) is 11.9 Å². The van der Waals surface area contributed by atoms with Crippen molar-refractivity contribution in [3.05, 3.63) is 65.2 Å². The van der Waals surface area contributed by atoms with Gasteiger partial charge in [-0.3, -0.25) is 4.79 Å². The number of esters is 1. The summed E-state index contributed by atoms with van der Waals surface area (Å²) in [6.45, 7) is 5.38. The number of ether oxygens (including phenoxy) is 1. The van der Waals surface area contributed by atoms with Gasteiger partial charge in [0.15, 0.2) is 0 Å². The van der Waals surface area contributed by atoms with Crippen LogP contribution in [0.15, 0.2) is 53.4 Å². The molecule has 2 atom stereocenters. The van der Waals surface area contributed by atoms with Crippen molar-refractivity contribution in [2.45, 2.75) is 49.2 Å². The van der Waals surface area contributed by atoms with E-state index in [0.717, 1.165) is 51.1 Å². The minimum absolute atomic E-state index is 0.0131. The van der Waals surface area contributed by atoms with Gasteiger partial charge >= 0.3 is 5.97 Å². The number of fused-ring (bicyclic) bond motifs is 2. The molecule has 1 saturated heterocycles. The number of benzene rings is 2. The predicted octanol–water partition coefficient (Wildman–Crippen LogP) is 5.48. The summed E-state index contributed by atoms with van der Waals surface area (Å²) in [5, 5.41) is 0. The summed E-state index contributed by atoms with van der Waals surface area (Å²) in [4.78, 5) is 16.0. The van der Waals surface area contributed by atoms with Crippen molar-refractivity contribution in [3.63, 3.8) is 0 Å². The van der Waals surface area contributed by atoms with Gasteiger partial charge in [0.25, 0.3) is 0 Å². The van der Waals surface area contributed by atoms with Gasteiger partial charge < -0.3 is 9.64 Å². The molecule has 1 unspecified atom stereocenters. The lowest BCUT2D eigenvalue weighted by molar-refractivity contribution is -0.149. The van der Waals surface area contributed by atoms with Crippen LogP contribution in [0.4, 0.5) is 0 Å². The molecule has 154 valence electrons. The predicted molar refractivity (Wildman–Crippen MR) is 119 cm³/mol. The Morgan fingerprint density at radius 1 is 1.14 bits per heavy atom. The maximum absolute atomic E-state index is 12.1. The quantitative estimate of drug-likeness (QED) is 0.591. The van der Waals surface area contributed by atoms with Gasteiger partial charge in [-0.25, -0.2) is 0 Å². The molecule has 2 aliphatic rings. The van der Waals surface area contributed by atoms with E-state index in [9.17, 15) is 4.79 Å². The second-order valence-corrected chi connectivity index (χ2v) is 9.13. The lowest BCUT2D eigenvalue weighted by Crippen LogP contribution is -2.39. The Morgan fingerprint density at radius 2 is 1.93 bits per heavy atom. The average molecular weight is 410 g/mol. The second kappa shape index (κ2) is 9.82. The van der Waals surface area contributed by atoms with Crippen LogP contribution >= 0.6 is 11.8 Å². The van der Waals surface area contributed by atoms with Crippen molar-refractivity contribution in [1.82, 2.24) is 4.90 Å². The highest BCUT2D eigenvalue weighted by atomic mass is 32.2. The molecule has 0 spiro atoms. The third kappa shape index (κ3) is 4.87. The van der Waals surface area contributed by atoms with Crippen LogP contribution in [0, 0.1) is 5.92 Å². The third-order valence-electron chi connectivity index (χ3n) is 6.20. The molecule has 3 nitrogen and oxygen atoms in total. The molecule has 4 heteroatoms. The highest BCUT2D eigenvalue weighted by molar-refractivity contribution is 7.98. The van der Waals surface area contributed by atoms with E-state index in [1.165, 1.54) is 21.6 Å². The van der Waals surface area contributed by atoms with Crippen LogP contribution in [0.5, 0.6) is 0 Å². The van der Waals surface area contributed by atoms with Crippen LogP contribution < -0.4 is 0 Å². The smallest absolute Gasteiger partial charge is 0.310 e. The lowest BCUT2D eigenvalue weighted by atomic mass is 9.85. The van der Waals surface area contributed by atoms with Crippen molar-refractivity contribution in [1.29, 1.82) is 0 Å². The van der Waals surface area contributed by atoms with E-state index in [2.05, 4.69) is 53.4 Å². The Bertz CT molecular complexity index is 790. The molecular formula is C25H31NO2S. The van der Waals surface area contributed by atoms with Crippen LogP contribution in [0.25, 0.3) is 0 Å². The molecule has 2 aromatic rings. The molecule has 0 saturated carbocycles. The molecule has 0 N–H and O–H groups in total. The van der Waals surface area contributed by atoms with Crippen molar-refractivity contribution >= 4 is 17.7 Å². The van der Waals surface area contributed by atoms with Gasteiger partial charge in [0, 0.05) is 23.1 Å². The molecule has 0 aromatic heterocycles. The zero-order valence-electron chi connectivity index (χ0n) is 17.3. The normalized spacial score (nSPS) is 21.7. The topological polar surface area (TPSA) is 29.5 Å². The molecule has 2 heterocycles. The van der Waals surface area contributed by atoms with Gasteiger partial charge in [-0.2, -0.15) is 0 Å². The number of carbonyl (C=O) groups excluding carboxylic acids is 1. The highest BCUT2D eigenvalue weighted by Gasteiger charge is 2.27. The SMILES string of the molecule is CCOC(=O)[C@@H]1CCCN(CCCC2c3ccccc3CSc3ccccc32)C1. The van der Waals surface area contributed by atoms with E-state index in [1.54, 1.807) is 0 Å². The number of nitrogens with zero attached hydrogens (tertiary/aromatic N) is 1.